The van der Waals surface area contributed by atoms with Crippen molar-refractivity contribution in [3.63, 3.8) is 0 Å². The third-order valence-corrected chi connectivity index (χ3v) is 3.26. The molecule has 3 heteroatoms. The van der Waals surface area contributed by atoms with Crippen LogP contribution in [0.2, 0.25) is 5.02 Å². The molecule has 0 aliphatic carbocycles. The molecule has 0 radical (unpaired) electrons. The number of nitrogens with zero attached hydrogens (tertiary/aromatic N) is 1. The standard InChI is InChI=1S/C16H12ClNO/c1-11-3-2-4-13(9-11)15-10-18-19-16(15)12-5-7-14(17)8-6-12/h2-10H,1H3. The normalized spacial score (nSPS) is 10.6. The van der Waals surface area contributed by atoms with Crippen molar-refractivity contribution in [3.05, 3.63) is 65.3 Å². The van der Waals surface area contributed by atoms with E-state index in [0.717, 1.165) is 22.5 Å². The molecule has 0 atom stereocenters. The van der Waals surface area contributed by atoms with Crippen LogP contribution in [-0.2, 0) is 0 Å². The van der Waals surface area contributed by atoms with Gasteiger partial charge in [0.15, 0.2) is 5.76 Å². The third kappa shape index (κ3) is 2.40. The van der Waals surface area contributed by atoms with Gasteiger partial charge in [0.1, 0.15) is 0 Å². The lowest BCUT2D eigenvalue weighted by atomic mass is 10.0. The Balaban J connectivity index is 2.10. The van der Waals surface area contributed by atoms with E-state index in [1.807, 2.05) is 30.3 Å². The maximum atomic E-state index is 5.90. The number of hydrogen-bond acceptors (Lipinski definition) is 2. The molecule has 2 nitrogen and oxygen atoms in total. The van der Waals surface area contributed by atoms with Gasteiger partial charge in [0.25, 0.3) is 0 Å². The molecular formula is C16H12ClNO. The monoisotopic (exact) mass is 269 g/mol. The zero-order valence-electron chi connectivity index (χ0n) is 10.4. The van der Waals surface area contributed by atoms with Crippen molar-refractivity contribution in [2.45, 2.75) is 6.92 Å². The summed E-state index contributed by atoms with van der Waals surface area (Å²) in [4.78, 5) is 0. The maximum absolute atomic E-state index is 5.90. The minimum atomic E-state index is 0.709. The fourth-order valence-corrected chi connectivity index (χ4v) is 2.19. The highest BCUT2D eigenvalue weighted by Crippen LogP contribution is 2.32. The number of hydrogen-bond donors (Lipinski definition) is 0. The van der Waals surface area contributed by atoms with Gasteiger partial charge in [-0.3, -0.25) is 0 Å². The first-order valence-corrected chi connectivity index (χ1v) is 6.39. The highest BCUT2D eigenvalue weighted by atomic mass is 35.5. The highest BCUT2D eigenvalue weighted by molar-refractivity contribution is 6.30. The van der Waals surface area contributed by atoms with Gasteiger partial charge >= 0.3 is 0 Å². The van der Waals surface area contributed by atoms with Gasteiger partial charge in [-0.1, -0.05) is 46.6 Å². The van der Waals surface area contributed by atoms with Gasteiger partial charge in [-0.05, 0) is 36.8 Å². The summed E-state index contributed by atoms with van der Waals surface area (Å²) in [6, 6.07) is 15.8. The molecule has 0 aliphatic heterocycles. The predicted octanol–water partition coefficient (Wildman–Crippen LogP) is 4.97. The van der Waals surface area contributed by atoms with Crippen molar-refractivity contribution in [1.82, 2.24) is 5.16 Å². The van der Waals surface area contributed by atoms with E-state index >= 15 is 0 Å². The molecule has 94 valence electrons. The van der Waals surface area contributed by atoms with Crippen molar-refractivity contribution < 1.29 is 4.52 Å². The summed E-state index contributed by atoms with van der Waals surface area (Å²) < 4.78 is 5.39. The van der Waals surface area contributed by atoms with E-state index in [1.54, 1.807) is 6.20 Å². The van der Waals surface area contributed by atoms with Crippen molar-refractivity contribution >= 4 is 11.6 Å². The van der Waals surface area contributed by atoms with E-state index in [2.05, 4.69) is 30.3 Å². The molecule has 0 N–H and O–H groups in total. The Kier molecular flexibility index (Phi) is 3.10. The van der Waals surface area contributed by atoms with Gasteiger partial charge in [0, 0.05) is 16.1 Å². The van der Waals surface area contributed by atoms with Crippen molar-refractivity contribution in [2.75, 3.05) is 0 Å². The molecule has 2 aromatic carbocycles. The Morgan fingerprint density at radius 3 is 2.53 bits per heavy atom. The molecule has 0 bridgehead atoms. The molecule has 1 heterocycles. The summed E-state index contributed by atoms with van der Waals surface area (Å²) >= 11 is 5.90. The van der Waals surface area contributed by atoms with Crippen LogP contribution in [0.25, 0.3) is 22.5 Å². The molecular weight excluding hydrogens is 258 g/mol. The molecule has 3 aromatic rings. The van der Waals surface area contributed by atoms with Gasteiger partial charge in [-0.25, -0.2) is 0 Å². The van der Waals surface area contributed by atoms with Crippen LogP contribution in [0.15, 0.2) is 59.3 Å². The Hall–Kier alpha value is -2.06. The van der Waals surface area contributed by atoms with Crippen LogP contribution >= 0.6 is 11.6 Å². The maximum Gasteiger partial charge on any atom is 0.174 e. The van der Waals surface area contributed by atoms with Crippen molar-refractivity contribution in [1.29, 1.82) is 0 Å². The van der Waals surface area contributed by atoms with E-state index < -0.39 is 0 Å². The molecule has 19 heavy (non-hydrogen) atoms. The van der Waals surface area contributed by atoms with E-state index in [-0.39, 0.29) is 0 Å². The van der Waals surface area contributed by atoms with Gasteiger partial charge in [-0.2, -0.15) is 0 Å². The molecule has 0 spiro atoms. The lowest BCUT2D eigenvalue weighted by molar-refractivity contribution is 0.432. The average Bonchev–Trinajstić information content (AvgIpc) is 2.89. The van der Waals surface area contributed by atoms with Gasteiger partial charge in [0.2, 0.25) is 0 Å². The van der Waals surface area contributed by atoms with Crippen LogP contribution in [0.1, 0.15) is 5.56 Å². The van der Waals surface area contributed by atoms with Gasteiger partial charge in [-0.15, -0.1) is 0 Å². The van der Waals surface area contributed by atoms with E-state index in [0.29, 0.717) is 5.02 Å². The van der Waals surface area contributed by atoms with E-state index in [4.69, 9.17) is 16.1 Å². The number of aryl methyl sites for hydroxylation is 1. The molecule has 3 rings (SSSR count). The quantitative estimate of drug-likeness (QED) is 0.656. The minimum Gasteiger partial charge on any atom is -0.356 e. The summed E-state index contributed by atoms with van der Waals surface area (Å²) in [5, 5.41) is 4.63. The zero-order chi connectivity index (χ0) is 13.2. The molecule has 0 aliphatic rings. The minimum absolute atomic E-state index is 0.709. The summed E-state index contributed by atoms with van der Waals surface area (Å²) in [7, 11) is 0. The second kappa shape index (κ2) is 4.90. The van der Waals surface area contributed by atoms with Crippen LogP contribution in [0, 0.1) is 6.92 Å². The number of halogens is 1. The molecule has 0 amide bonds. The Bertz CT molecular complexity index is 701. The van der Waals surface area contributed by atoms with Crippen LogP contribution in [-0.4, -0.2) is 5.16 Å². The fourth-order valence-electron chi connectivity index (χ4n) is 2.07. The Labute approximate surface area is 116 Å². The van der Waals surface area contributed by atoms with Crippen LogP contribution in [0.3, 0.4) is 0 Å². The molecule has 0 saturated carbocycles. The van der Waals surface area contributed by atoms with Crippen LogP contribution in [0.4, 0.5) is 0 Å². The first-order chi connectivity index (χ1) is 9.24. The number of aromatic nitrogens is 1. The van der Waals surface area contributed by atoms with Crippen LogP contribution in [0.5, 0.6) is 0 Å². The number of benzene rings is 2. The van der Waals surface area contributed by atoms with E-state index in [9.17, 15) is 0 Å². The molecule has 0 saturated heterocycles. The topological polar surface area (TPSA) is 26.0 Å². The largest absolute Gasteiger partial charge is 0.356 e. The van der Waals surface area contributed by atoms with Gasteiger partial charge in [0.05, 0.1) is 6.20 Å². The van der Waals surface area contributed by atoms with E-state index in [1.165, 1.54) is 5.56 Å². The van der Waals surface area contributed by atoms with Crippen LogP contribution < -0.4 is 0 Å². The highest BCUT2D eigenvalue weighted by Gasteiger charge is 2.12. The Morgan fingerprint density at radius 2 is 1.79 bits per heavy atom. The van der Waals surface area contributed by atoms with Crippen molar-refractivity contribution in [3.8, 4) is 22.5 Å². The lowest BCUT2D eigenvalue weighted by Crippen LogP contribution is -1.81. The molecule has 0 fully saturated rings. The molecule has 1 aromatic heterocycles. The summed E-state index contributed by atoms with van der Waals surface area (Å²) in [5.41, 5.74) is 4.27. The molecule has 0 unspecified atom stereocenters. The zero-order valence-corrected chi connectivity index (χ0v) is 11.2. The average molecular weight is 270 g/mol. The number of rotatable bonds is 2. The lowest BCUT2D eigenvalue weighted by Gasteiger charge is -2.03. The first-order valence-electron chi connectivity index (χ1n) is 6.02. The SMILES string of the molecule is Cc1cccc(-c2cnoc2-c2ccc(Cl)cc2)c1. The second-order valence-electron chi connectivity index (χ2n) is 4.44. The fraction of sp³-hybridized carbons (Fsp3) is 0.0625. The van der Waals surface area contributed by atoms with Crippen molar-refractivity contribution in [2.24, 2.45) is 0 Å². The first kappa shape index (κ1) is 12.0. The Morgan fingerprint density at radius 1 is 1.00 bits per heavy atom. The third-order valence-electron chi connectivity index (χ3n) is 3.01. The second-order valence-corrected chi connectivity index (χ2v) is 4.88. The summed E-state index contributed by atoms with van der Waals surface area (Å²) in [6.07, 6.45) is 1.75. The predicted molar refractivity (Wildman–Crippen MR) is 77.1 cm³/mol. The smallest absolute Gasteiger partial charge is 0.174 e. The summed E-state index contributed by atoms with van der Waals surface area (Å²) in [5.74, 6) is 0.766. The van der Waals surface area contributed by atoms with Gasteiger partial charge < -0.3 is 4.52 Å². The summed E-state index contributed by atoms with van der Waals surface area (Å²) in [6.45, 7) is 2.07.